The number of phenolic OH excluding ortho intramolecular Hbond substituents is 1. The number of carbonyl (C=O) groups is 3. The van der Waals surface area contributed by atoms with Crippen LogP contribution in [0.1, 0.15) is 124 Å². The SMILES string of the molecule is Cc1ncsc1-c1ccc([C@H](C)NC(=O)[C@@H]2C[C@@H](O)CN2C(=O)C(c2cc(CN(C)C(=O)OC[C@@H]3CC[C@]4(COc5nc(N6CC7CCC(C6)N7)c6cnc7c(c6n5)C(C)c5cccc6cc(O)cc-7c56)CCCN34)no2)C(C)C)cc1. The first-order chi connectivity index (χ1) is 39.6. The van der Waals surface area contributed by atoms with Crippen molar-refractivity contribution in [2.75, 3.05) is 51.3 Å². The van der Waals surface area contributed by atoms with Crippen molar-refractivity contribution < 1.29 is 38.6 Å². The summed E-state index contributed by atoms with van der Waals surface area (Å²) >= 11 is 1.58. The molecular weight excluding hydrogens is 1060 g/mol. The van der Waals surface area contributed by atoms with Crippen molar-refractivity contribution in [3.8, 4) is 33.5 Å². The highest BCUT2D eigenvalue weighted by Gasteiger charge is 2.51. The van der Waals surface area contributed by atoms with Gasteiger partial charge in [0, 0.05) is 80.5 Å². The fourth-order valence-electron chi connectivity index (χ4n) is 14.4. The summed E-state index contributed by atoms with van der Waals surface area (Å²) in [5.41, 5.74) is 9.63. The molecule has 3 aromatic carbocycles. The minimum atomic E-state index is -0.877. The van der Waals surface area contributed by atoms with Gasteiger partial charge >= 0.3 is 12.1 Å². The Morgan fingerprint density at radius 2 is 1.80 bits per heavy atom. The number of piperazine rings is 1. The third kappa shape index (κ3) is 9.77. The number of hydrogen-bond acceptors (Lipinski definition) is 17. The van der Waals surface area contributed by atoms with Gasteiger partial charge in [-0.25, -0.2) is 9.78 Å². The molecule has 82 heavy (non-hydrogen) atoms. The number of rotatable bonds is 15. The largest absolute Gasteiger partial charge is 0.508 e. The van der Waals surface area contributed by atoms with E-state index in [1.807, 2.05) is 87.9 Å². The predicted octanol–water partition coefficient (Wildman–Crippen LogP) is 8.60. The Balaban J connectivity index is 0.657. The fourth-order valence-corrected chi connectivity index (χ4v) is 15.2. The van der Waals surface area contributed by atoms with Crippen LogP contribution in [0.2, 0.25) is 0 Å². The van der Waals surface area contributed by atoms with Gasteiger partial charge in [-0.15, -0.1) is 11.3 Å². The lowest BCUT2D eigenvalue weighted by atomic mass is 9.79. The third-order valence-corrected chi connectivity index (χ3v) is 19.5. The molecule has 4 unspecified atom stereocenters. The maximum absolute atomic E-state index is 14.4. The second-order valence-electron chi connectivity index (χ2n) is 24.2. The Morgan fingerprint density at radius 1 is 1.00 bits per heavy atom. The second kappa shape index (κ2) is 21.5. The number of carbonyl (C=O) groups excluding carboxylic acids is 3. The number of hydrogen-bond donors (Lipinski definition) is 4. The predicted molar refractivity (Wildman–Crippen MR) is 311 cm³/mol. The number of β-amino-alcohol motifs (C(OH)–C–C–N with tert-alkyl or cyclic N) is 1. The maximum Gasteiger partial charge on any atom is 0.409 e. The van der Waals surface area contributed by atoms with Crippen LogP contribution in [0, 0.1) is 12.8 Å². The molecule has 428 valence electrons. The number of fused-ring (bicyclic) bond motifs is 7. The Labute approximate surface area is 480 Å². The van der Waals surface area contributed by atoms with Crippen molar-refractivity contribution in [3.63, 3.8) is 0 Å². The van der Waals surface area contributed by atoms with Gasteiger partial charge in [-0.3, -0.25) is 19.5 Å². The third-order valence-electron chi connectivity index (χ3n) is 18.5. The Hall–Kier alpha value is -7.26. The summed E-state index contributed by atoms with van der Waals surface area (Å²) in [6, 6.07) is 19.5. The van der Waals surface area contributed by atoms with Gasteiger partial charge in [0.25, 0.3) is 0 Å². The van der Waals surface area contributed by atoms with E-state index in [-0.39, 0.29) is 73.1 Å². The monoisotopic (exact) mass is 1130 g/mol. The van der Waals surface area contributed by atoms with Crippen molar-refractivity contribution in [1.82, 2.24) is 50.4 Å². The number of anilines is 1. The molecule has 13 rings (SSSR count). The standard InChI is InChI=1S/C62H71N11O8S/c1-33(2)51(59(77)72-29-45(75)24-49(72)58(76)65-35(4)37-11-13-38(14-12-37)56-36(5)64-32-82-56)50-22-42(69-81-50)26-70(6)61(78)79-30-43-17-19-62(18-8-20-73(43)62)31-80-60-67-55-48(57(68-60)71-27-40-15-16-41(28-71)66-40)25-63-54-47-23-44(74)21-39-9-7-10-46(53(39)47)34(3)52(54)55/h7,9-14,21-23,25,32-35,40-41,43,45,49,51,66,74-75H,8,15-20,24,26-31H2,1-6H3,(H,65,76)/t34?,35-,40?,41?,43-,45+,49-,51?,62-/m0/s1. The minimum absolute atomic E-state index is 0.00822. The summed E-state index contributed by atoms with van der Waals surface area (Å²) in [6.45, 7) is 13.1. The van der Waals surface area contributed by atoms with Gasteiger partial charge in [-0.1, -0.05) is 68.4 Å². The molecule has 4 aromatic heterocycles. The highest BCUT2D eigenvalue weighted by molar-refractivity contribution is 7.13. The second-order valence-corrected chi connectivity index (χ2v) is 25.1. The van der Waals surface area contributed by atoms with E-state index in [0.29, 0.717) is 36.2 Å². The molecule has 4 N–H and O–H groups in total. The number of aromatic hydroxyl groups is 1. The van der Waals surface area contributed by atoms with Gasteiger partial charge in [0.1, 0.15) is 48.2 Å². The molecule has 0 saturated carbocycles. The van der Waals surface area contributed by atoms with E-state index >= 15 is 0 Å². The van der Waals surface area contributed by atoms with Crippen LogP contribution >= 0.6 is 11.3 Å². The molecule has 20 heteroatoms. The van der Waals surface area contributed by atoms with Gasteiger partial charge in [-0.05, 0) is 104 Å². The number of thiazole rings is 1. The molecule has 9 heterocycles. The van der Waals surface area contributed by atoms with Crippen LogP contribution in [0.5, 0.6) is 11.8 Å². The lowest BCUT2D eigenvalue weighted by Crippen LogP contribution is -2.51. The van der Waals surface area contributed by atoms with E-state index in [0.717, 1.165) is 124 Å². The fraction of sp³-hybridized carbons (Fsp3) is 0.484. The van der Waals surface area contributed by atoms with Crippen LogP contribution in [0.25, 0.3) is 43.4 Å². The highest BCUT2D eigenvalue weighted by Crippen LogP contribution is 2.49. The van der Waals surface area contributed by atoms with Crippen molar-refractivity contribution in [2.24, 2.45) is 5.92 Å². The van der Waals surface area contributed by atoms with Gasteiger partial charge in [0.05, 0.1) is 56.9 Å². The number of aliphatic hydroxyl groups excluding tert-OH is 1. The number of amides is 3. The Morgan fingerprint density at radius 3 is 2.57 bits per heavy atom. The number of ether oxygens (including phenoxy) is 2. The number of nitrogens with one attached hydrogen (secondary N) is 2. The van der Waals surface area contributed by atoms with Crippen LogP contribution in [0.15, 0.2) is 76.9 Å². The maximum atomic E-state index is 14.4. The summed E-state index contributed by atoms with van der Waals surface area (Å²) in [6.07, 6.45) is 6.53. The van der Waals surface area contributed by atoms with Gasteiger partial charge in [-0.2, -0.15) is 9.97 Å². The number of phenols is 1. The summed E-state index contributed by atoms with van der Waals surface area (Å²) < 4.78 is 18.7. The van der Waals surface area contributed by atoms with Crippen LogP contribution in [0.3, 0.4) is 0 Å². The summed E-state index contributed by atoms with van der Waals surface area (Å²) in [4.78, 5) is 70.8. The Kier molecular flexibility index (Phi) is 14.2. The topological polar surface area (TPSA) is 225 Å². The molecular formula is C62H71N11O8S. The number of pyridine rings is 1. The molecule has 6 aliphatic rings. The number of likely N-dealkylation sites (tertiary alicyclic amines) is 1. The molecule has 2 bridgehead atoms. The Bertz CT molecular complexity index is 3600. The minimum Gasteiger partial charge on any atom is -0.508 e. The van der Waals surface area contributed by atoms with E-state index in [2.05, 4.69) is 43.6 Å². The van der Waals surface area contributed by atoms with Crippen molar-refractivity contribution >= 4 is 56.7 Å². The lowest BCUT2D eigenvalue weighted by Gasteiger charge is -2.36. The molecule has 5 fully saturated rings. The van der Waals surface area contributed by atoms with Gasteiger partial charge < -0.3 is 49.5 Å². The smallest absolute Gasteiger partial charge is 0.409 e. The average molecular weight is 1130 g/mol. The van der Waals surface area contributed by atoms with Crippen LogP contribution in [-0.4, -0.2) is 150 Å². The normalized spacial score (nSPS) is 24.5. The number of benzene rings is 3. The van der Waals surface area contributed by atoms with Crippen LogP contribution in [-0.2, 0) is 20.9 Å². The van der Waals surface area contributed by atoms with E-state index in [9.17, 15) is 24.6 Å². The first-order valence-corrected chi connectivity index (χ1v) is 30.0. The van der Waals surface area contributed by atoms with E-state index in [4.69, 9.17) is 28.9 Å². The van der Waals surface area contributed by atoms with E-state index in [1.165, 1.54) is 15.4 Å². The number of aromatic nitrogens is 5. The summed E-state index contributed by atoms with van der Waals surface area (Å²) in [5, 5.41) is 35.8. The van der Waals surface area contributed by atoms with Gasteiger partial charge in [0.15, 0.2) is 0 Å². The lowest BCUT2D eigenvalue weighted by molar-refractivity contribution is -0.141. The molecule has 5 saturated heterocycles. The number of nitrogens with zero attached hydrogens (tertiary/aromatic N) is 9. The molecule has 19 nitrogen and oxygen atoms in total. The van der Waals surface area contributed by atoms with Gasteiger partial charge in [0.2, 0.25) is 11.8 Å². The van der Waals surface area contributed by atoms with E-state index in [1.54, 1.807) is 24.5 Å². The zero-order valence-electron chi connectivity index (χ0n) is 47.3. The van der Waals surface area contributed by atoms with Crippen molar-refractivity contribution in [1.29, 1.82) is 0 Å². The molecule has 0 spiro atoms. The molecule has 5 aliphatic heterocycles. The molecule has 3 amide bonds. The first kappa shape index (κ1) is 54.0. The zero-order valence-corrected chi connectivity index (χ0v) is 48.1. The van der Waals surface area contributed by atoms with Crippen molar-refractivity contribution in [2.45, 2.75) is 140 Å². The van der Waals surface area contributed by atoms with E-state index < -0.39 is 24.2 Å². The highest BCUT2D eigenvalue weighted by atomic mass is 32.1. The molecule has 0 radical (unpaired) electrons. The average Bonchev–Trinajstić information content (AvgIpc) is 4.54. The quantitative estimate of drug-likeness (QED) is 0.0754. The first-order valence-electron chi connectivity index (χ1n) is 29.1. The molecule has 1 aliphatic carbocycles. The number of aryl methyl sites for hydroxylation is 1. The van der Waals surface area contributed by atoms with Crippen LogP contribution < -0.4 is 20.3 Å². The number of aliphatic hydroxyl groups is 1. The zero-order chi connectivity index (χ0) is 56.7. The summed E-state index contributed by atoms with van der Waals surface area (Å²) in [5.74, 6) is -0.392. The van der Waals surface area contributed by atoms with Crippen LogP contribution in [0.4, 0.5) is 10.6 Å². The summed E-state index contributed by atoms with van der Waals surface area (Å²) in [7, 11) is 1.65. The van der Waals surface area contributed by atoms with Crippen molar-refractivity contribution in [3.05, 3.63) is 106 Å². The molecule has 9 atom stereocenters. The molecule has 7 aromatic rings.